The molecule has 1 aliphatic heterocycles. The van der Waals surface area contributed by atoms with Crippen LogP contribution in [-0.2, 0) is 13.1 Å². The van der Waals surface area contributed by atoms with Crippen molar-refractivity contribution in [1.82, 2.24) is 44.0 Å². The summed E-state index contributed by atoms with van der Waals surface area (Å²) in [5.41, 5.74) is 1.22. The molecule has 0 aliphatic carbocycles. The van der Waals surface area contributed by atoms with Gasteiger partial charge in [0.05, 0.1) is 24.0 Å². The Morgan fingerprint density at radius 2 is 2.19 bits per heavy atom. The standard InChI is InChI=1S/C16H15N9O2/c1-10-11(15(27)22-5-6-23-9-17-20-13(23)8-22)7-18-25(10)16-19-14(26)12-3-2-4-24(12)21-16/h2-4,7,9H,5-6,8H2,1H3,(H,19,21,26). The summed E-state index contributed by atoms with van der Waals surface area (Å²) < 4.78 is 4.87. The van der Waals surface area contributed by atoms with E-state index >= 15 is 0 Å². The molecule has 27 heavy (non-hydrogen) atoms. The first-order valence-electron chi connectivity index (χ1n) is 8.40. The van der Waals surface area contributed by atoms with Gasteiger partial charge in [0, 0.05) is 19.3 Å². The lowest BCUT2D eigenvalue weighted by Gasteiger charge is -2.26. The first-order valence-corrected chi connectivity index (χ1v) is 8.40. The number of amides is 1. The van der Waals surface area contributed by atoms with Gasteiger partial charge in [-0.2, -0.15) is 5.10 Å². The van der Waals surface area contributed by atoms with Crippen LogP contribution in [0.3, 0.4) is 0 Å². The Morgan fingerprint density at radius 1 is 1.30 bits per heavy atom. The SMILES string of the molecule is Cc1c(C(=O)N2CCn3cnnc3C2)cnn1-c1nn2cccc2c(=O)[nH]1. The minimum Gasteiger partial charge on any atom is -0.329 e. The molecule has 0 radical (unpaired) electrons. The summed E-state index contributed by atoms with van der Waals surface area (Å²) in [6.07, 6.45) is 4.85. The lowest BCUT2D eigenvalue weighted by Crippen LogP contribution is -2.38. The number of carbonyl (C=O) groups is 1. The zero-order chi connectivity index (χ0) is 18.5. The van der Waals surface area contributed by atoms with Gasteiger partial charge in [0.1, 0.15) is 11.8 Å². The molecule has 0 atom stereocenters. The van der Waals surface area contributed by atoms with E-state index in [9.17, 15) is 9.59 Å². The van der Waals surface area contributed by atoms with Gasteiger partial charge in [-0.25, -0.2) is 9.20 Å². The van der Waals surface area contributed by atoms with E-state index in [1.54, 1.807) is 36.5 Å². The number of hydrogen-bond donors (Lipinski definition) is 1. The van der Waals surface area contributed by atoms with E-state index in [0.29, 0.717) is 36.4 Å². The smallest absolute Gasteiger partial charge is 0.276 e. The van der Waals surface area contributed by atoms with Gasteiger partial charge in [0.15, 0.2) is 5.82 Å². The second-order valence-corrected chi connectivity index (χ2v) is 6.34. The zero-order valence-corrected chi connectivity index (χ0v) is 14.4. The molecule has 11 heteroatoms. The summed E-state index contributed by atoms with van der Waals surface area (Å²) in [7, 11) is 0. The molecule has 0 fully saturated rings. The van der Waals surface area contributed by atoms with Gasteiger partial charge in [-0.05, 0) is 19.1 Å². The van der Waals surface area contributed by atoms with Crippen LogP contribution in [0.15, 0.2) is 35.6 Å². The van der Waals surface area contributed by atoms with Gasteiger partial charge in [-0.15, -0.1) is 15.3 Å². The maximum Gasteiger partial charge on any atom is 0.276 e. The Labute approximate surface area is 151 Å². The molecule has 0 aromatic carbocycles. The average Bonchev–Trinajstić information content (AvgIpc) is 3.39. The molecule has 0 unspecified atom stereocenters. The van der Waals surface area contributed by atoms with Crippen LogP contribution in [0, 0.1) is 6.92 Å². The minimum absolute atomic E-state index is 0.141. The molecule has 0 saturated heterocycles. The van der Waals surface area contributed by atoms with Crippen molar-refractivity contribution in [2.75, 3.05) is 6.54 Å². The highest BCUT2D eigenvalue weighted by Gasteiger charge is 2.26. The summed E-state index contributed by atoms with van der Waals surface area (Å²) in [6, 6.07) is 3.41. The summed E-state index contributed by atoms with van der Waals surface area (Å²) in [6.45, 7) is 3.39. The largest absolute Gasteiger partial charge is 0.329 e. The molecule has 4 aromatic rings. The number of nitrogens with zero attached hydrogens (tertiary/aromatic N) is 8. The van der Waals surface area contributed by atoms with Crippen LogP contribution in [0.5, 0.6) is 0 Å². The fourth-order valence-electron chi connectivity index (χ4n) is 3.27. The van der Waals surface area contributed by atoms with Crippen LogP contribution in [0.4, 0.5) is 0 Å². The first-order chi connectivity index (χ1) is 13.1. The Hall–Kier alpha value is -3.76. The highest BCUT2D eigenvalue weighted by molar-refractivity contribution is 5.95. The third-order valence-corrected chi connectivity index (χ3v) is 4.76. The molecule has 1 amide bonds. The summed E-state index contributed by atoms with van der Waals surface area (Å²) >= 11 is 0. The Bertz CT molecular complexity index is 1230. The fraction of sp³-hybridized carbons (Fsp3) is 0.250. The number of rotatable bonds is 2. The van der Waals surface area contributed by atoms with Crippen molar-refractivity contribution < 1.29 is 4.79 Å². The summed E-state index contributed by atoms with van der Waals surface area (Å²) in [4.78, 5) is 29.5. The Balaban J connectivity index is 1.49. The van der Waals surface area contributed by atoms with E-state index in [4.69, 9.17) is 0 Å². The fourth-order valence-corrected chi connectivity index (χ4v) is 3.27. The van der Waals surface area contributed by atoms with Crippen molar-refractivity contribution in [2.24, 2.45) is 0 Å². The average molecular weight is 365 g/mol. The third-order valence-electron chi connectivity index (χ3n) is 4.76. The number of fused-ring (bicyclic) bond motifs is 2. The van der Waals surface area contributed by atoms with Crippen LogP contribution in [0.2, 0.25) is 0 Å². The highest BCUT2D eigenvalue weighted by Crippen LogP contribution is 2.17. The number of aromatic nitrogens is 8. The van der Waals surface area contributed by atoms with Crippen LogP contribution in [0.25, 0.3) is 11.5 Å². The van der Waals surface area contributed by atoms with Gasteiger partial charge in [-0.1, -0.05) is 0 Å². The lowest BCUT2D eigenvalue weighted by atomic mass is 10.2. The van der Waals surface area contributed by atoms with E-state index < -0.39 is 0 Å². The molecule has 0 saturated carbocycles. The highest BCUT2D eigenvalue weighted by atomic mass is 16.2. The van der Waals surface area contributed by atoms with E-state index in [1.165, 1.54) is 15.4 Å². The molecule has 0 spiro atoms. The topological polar surface area (TPSA) is 119 Å². The predicted octanol–water partition coefficient (Wildman–Crippen LogP) is -0.236. The Morgan fingerprint density at radius 3 is 3.07 bits per heavy atom. The van der Waals surface area contributed by atoms with Gasteiger partial charge >= 0.3 is 0 Å². The molecule has 5 heterocycles. The second-order valence-electron chi connectivity index (χ2n) is 6.34. The van der Waals surface area contributed by atoms with Crippen LogP contribution in [0.1, 0.15) is 21.9 Å². The van der Waals surface area contributed by atoms with E-state index in [2.05, 4.69) is 25.4 Å². The van der Waals surface area contributed by atoms with Gasteiger partial charge in [0.2, 0.25) is 5.95 Å². The van der Waals surface area contributed by atoms with Crippen molar-refractivity contribution in [2.45, 2.75) is 20.0 Å². The second kappa shape index (κ2) is 5.62. The summed E-state index contributed by atoms with van der Waals surface area (Å²) in [5.74, 6) is 0.861. The van der Waals surface area contributed by atoms with Gasteiger partial charge < -0.3 is 9.47 Å². The first kappa shape index (κ1) is 15.5. The van der Waals surface area contributed by atoms with Crippen LogP contribution in [-0.4, -0.2) is 56.5 Å². The Kier molecular flexibility index (Phi) is 3.23. The molecule has 1 N–H and O–H groups in total. The number of H-pyrrole nitrogens is 1. The van der Waals surface area contributed by atoms with E-state index in [-0.39, 0.29) is 17.4 Å². The zero-order valence-electron chi connectivity index (χ0n) is 14.4. The van der Waals surface area contributed by atoms with Crippen LogP contribution < -0.4 is 5.56 Å². The normalized spacial score (nSPS) is 13.9. The quantitative estimate of drug-likeness (QED) is 0.524. The van der Waals surface area contributed by atoms with E-state index in [0.717, 1.165) is 5.82 Å². The maximum absolute atomic E-state index is 13.0. The van der Waals surface area contributed by atoms with Crippen molar-refractivity contribution in [3.63, 3.8) is 0 Å². The van der Waals surface area contributed by atoms with Crippen molar-refractivity contribution in [3.8, 4) is 5.95 Å². The van der Waals surface area contributed by atoms with Gasteiger partial charge in [0.25, 0.3) is 11.5 Å². The molecule has 1 aliphatic rings. The van der Waals surface area contributed by atoms with Crippen LogP contribution >= 0.6 is 0 Å². The number of nitrogens with one attached hydrogen (secondary N) is 1. The molecule has 4 aromatic heterocycles. The summed E-state index contributed by atoms with van der Waals surface area (Å²) in [5, 5.41) is 16.5. The lowest BCUT2D eigenvalue weighted by molar-refractivity contribution is 0.0706. The van der Waals surface area contributed by atoms with Crippen molar-refractivity contribution in [1.29, 1.82) is 0 Å². The minimum atomic E-state index is -0.275. The number of aromatic amines is 1. The van der Waals surface area contributed by atoms with Crippen molar-refractivity contribution in [3.05, 3.63) is 58.3 Å². The molecular formula is C16H15N9O2. The molecule has 5 rings (SSSR count). The maximum atomic E-state index is 13.0. The molecular weight excluding hydrogens is 350 g/mol. The predicted molar refractivity (Wildman–Crippen MR) is 92.4 cm³/mol. The molecule has 136 valence electrons. The van der Waals surface area contributed by atoms with Crippen molar-refractivity contribution >= 4 is 11.4 Å². The molecule has 11 nitrogen and oxygen atoms in total. The van der Waals surface area contributed by atoms with E-state index in [1.807, 2.05) is 4.57 Å². The third kappa shape index (κ3) is 2.35. The number of carbonyl (C=O) groups excluding carboxylic acids is 1. The monoisotopic (exact) mass is 365 g/mol. The molecule has 0 bridgehead atoms. The number of hydrogen-bond acceptors (Lipinski definition) is 6. The van der Waals surface area contributed by atoms with Gasteiger partial charge in [-0.3, -0.25) is 14.6 Å².